The number of carbonyl (C=O) groups is 1. The van der Waals surface area contributed by atoms with Gasteiger partial charge in [0.1, 0.15) is 0 Å². The molecule has 1 amide bonds. The fourth-order valence-electron chi connectivity index (χ4n) is 3.30. The van der Waals surface area contributed by atoms with Gasteiger partial charge in [-0.3, -0.25) is 9.69 Å². The van der Waals surface area contributed by atoms with Crippen LogP contribution in [0.5, 0.6) is 0 Å². The van der Waals surface area contributed by atoms with Gasteiger partial charge in [-0.05, 0) is 49.0 Å². The highest BCUT2D eigenvalue weighted by atomic mass is 16.1. The standard InChI is InChI=1S/C19H22N2O/c1-21-12-11-17(13-18(21)19(20)22)16-9-7-15(8-10-16)14-5-3-2-4-6-14/h2-10,17-18H,11-13H2,1H3,(H2,20,22)/t17-,18?/m0/s1. The van der Waals surface area contributed by atoms with Crippen molar-refractivity contribution in [2.75, 3.05) is 13.6 Å². The summed E-state index contributed by atoms with van der Waals surface area (Å²) >= 11 is 0. The van der Waals surface area contributed by atoms with Gasteiger partial charge in [0.15, 0.2) is 0 Å². The molecule has 0 bridgehead atoms. The largest absolute Gasteiger partial charge is 0.368 e. The predicted octanol–water partition coefficient (Wildman–Crippen LogP) is 3.02. The summed E-state index contributed by atoms with van der Waals surface area (Å²) in [4.78, 5) is 13.6. The molecule has 2 aromatic rings. The summed E-state index contributed by atoms with van der Waals surface area (Å²) < 4.78 is 0. The second kappa shape index (κ2) is 6.32. The topological polar surface area (TPSA) is 46.3 Å². The molecule has 0 radical (unpaired) electrons. The second-order valence-electron chi connectivity index (χ2n) is 6.11. The van der Waals surface area contributed by atoms with Crippen molar-refractivity contribution >= 4 is 5.91 Å². The minimum Gasteiger partial charge on any atom is -0.368 e. The molecule has 2 N–H and O–H groups in total. The Bertz CT molecular complexity index is 636. The van der Waals surface area contributed by atoms with Gasteiger partial charge < -0.3 is 5.73 Å². The molecule has 2 atom stereocenters. The number of benzene rings is 2. The van der Waals surface area contributed by atoms with Gasteiger partial charge in [0.25, 0.3) is 0 Å². The molecular weight excluding hydrogens is 272 g/mol. The molecular formula is C19H22N2O. The van der Waals surface area contributed by atoms with Gasteiger partial charge >= 0.3 is 0 Å². The normalized spacial score (nSPS) is 22.4. The van der Waals surface area contributed by atoms with Crippen LogP contribution in [0.4, 0.5) is 0 Å². The van der Waals surface area contributed by atoms with Gasteiger partial charge in [0.2, 0.25) is 5.91 Å². The van der Waals surface area contributed by atoms with E-state index in [0.29, 0.717) is 5.92 Å². The van der Waals surface area contributed by atoms with Crippen LogP contribution in [0.1, 0.15) is 24.3 Å². The first-order valence-corrected chi connectivity index (χ1v) is 7.80. The van der Waals surface area contributed by atoms with Crippen molar-refractivity contribution in [3.8, 4) is 11.1 Å². The molecule has 0 spiro atoms. The third-order valence-electron chi connectivity index (χ3n) is 4.69. The van der Waals surface area contributed by atoms with Crippen molar-refractivity contribution in [1.82, 2.24) is 4.90 Å². The predicted molar refractivity (Wildman–Crippen MR) is 89.5 cm³/mol. The number of nitrogens with zero attached hydrogens (tertiary/aromatic N) is 1. The van der Waals surface area contributed by atoms with Crippen LogP contribution < -0.4 is 5.73 Å². The minimum atomic E-state index is -0.215. The zero-order valence-electron chi connectivity index (χ0n) is 12.9. The van der Waals surface area contributed by atoms with E-state index in [9.17, 15) is 4.79 Å². The SMILES string of the molecule is CN1CC[C@H](c2ccc(-c3ccccc3)cc2)CC1C(N)=O. The number of likely N-dealkylation sites (tertiary alicyclic amines) is 1. The zero-order chi connectivity index (χ0) is 15.5. The molecule has 1 aliphatic rings. The summed E-state index contributed by atoms with van der Waals surface area (Å²) in [5.74, 6) is 0.201. The Balaban J connectivity index is 1.77. The number of primary amides is 1. The van der Waals surface area contributed by atoms with Crippen molar-refractivity contribution in [3.05, 3.63) is 60.2 Å². The van der Waals surface area contributed by atoms with Crippen LogP contribution in [0.15, 0.2) is 54.6 Å². The van der Waals surface area contributed by atoms with E-state index in [2.05, 4.69) is 53.4 Å². The van der Waals surface area contributed by atoms with Crippen LogP contribution in [0.3, 0.4) is 0 Å². The van der Waals surface area contributed by atoms with Crippen LogP contribution in [-0.4, -0.2) is 30.4 Å². The van der Waals surface area contributed by atoms with Gasteiger partial charge in [-0.1, -0.05) is 54.6 Å². The van der Waals surface area contributed by atoms with Gasteiger partial charge in [-0.2, -0.15) is 0 Å². The van der Waals surface area contributed by atoms with Crippen molar-refractivity contribution in [2.45, 2.75) is 24.8 Å². The van der Waals surface area contributed by atoms with E-state index in [1.165, 1.54) is 16.7 Å². The molecule has 3 nitrogen and oxygen atoms in total. The first-order chi connectivity index (χ1) is 10.6. The molecule has 1 heterocycles. The number of carbonyl (C=O) groups excluding carboxylic acids is 1. The quantitative estimate of drug-likeness (QED) is 0.946. The van der Waals surface area contributed by atoms with Crippen molar-refractivity contribution < 1.29 is 4.79 Å². The lowest BCUT2D eigenvalue weighted by atomic mass is 9.84. The fourth-order valence-corrected chi connectivity index (χ4v) is 3.30. The van der Waals surface area contributed by atoms with Crippen LogP contribution in [0, 0.1) is 0 Å². The number of amides is 1. The molecule has 1 unspecified atom stereocenters. The van der Waals surface area contributed by atoms with E-state index in [-0.39, 0.29) is 11.9 Å². The van der Waals surface area contributed by atoms with Crippen LogP contribution in [0.2, 0.25) is 0 Å². The molecule has 0 aromatic heterocycles. The Labute approximate surface area is 131 Å². The van der Waals surface area contributed by atoms with Crippen LogP contribution >= 0.6 is 0 Å². The first-order valence-electron chi connectivity index (χ1n) is 7.80. The maximum absolute atomic E-state index is 11.6. The molecule has 3 rings (SSSR count). The number of rotatable bonds is 3. The summed E-state index contributed by atoms with van der Waals surface area (Å²) in [6, 6.07) is 18.9. The lowest BCUT2D eigenvalue weighted by Gasteiger charge is -2.35. The number of hydrogen-bond donors (Lipinski definition) is 1. The smallest absolute Gasteiger partial charge is 0.234 e. The fraction of sp³-hybridized carbons (Fsp3) is 0.316. The average molecular weight is 294 g/mol. The van der Waals surface area contributed by atoms with Gasteiger partial charge in [0.05, 0.1) is 6.04 Å². The van der Waals surface area contributed by atoms with E-state index < -0.39 is 0 Å². The lowest BCUT2D eigenvalue weighted by molar-refractivity contribution is -0.124. The van der Waals surface area contributed by atoms with Crippen molar-refractivity contribution in [2.24, 2.45) is 5.73 Å². The number of hydrogen-bond acceptors (Lipinski definition) is 2. The highest BCUT2D eigenvalue weighted by Gasteiger charge is 2.30. The summed E-state index contributed by atoms with van der Waals surface area (Å²) in [5, 5.41) is 0. The molecule has 2 aromatic carbocycles. The zero-order valence-corrected chi connectivity index (χ0v) is 12.9. The van der Waals surface area contributed by atoms with E-state index in [1.54, 1.807) is 0 Å². The molecule has 22 heavy (non-hydrogen) atoms. The Hall–Kier alpha value is -2.13. The van der Waals surface area contributed by atoms with Crippen molar-refractivity contribution in [3.63, 3.8) is 0 Å². The first kappa shape index (κ1) is 14.8. The third kappa shape index (κ3) is 3.04. The summed E-state index contributed by atoms with van der Waals surface area (Å²) in [7, 11) is 1.98. The van der Waals surface area contributed by atoms with E-state index in [1.807, 2.05) is 13.1 Å². The summed E-state index contributed by atoms with van der Waals surface area (Å²) in [6.07, 6.45) is 1.89. The Morgan fingerprint density at radius 3 is 2.32 bits per heavy atom. The Morgan fingerprint density at radius 2 is 1.68 bits per heavy atom. The molecule has 1 saturated heterocycles. The average Bonchev–Trinajstić information content (AvgIpc) is 2.56. The van der Waals surface area contributed by atoms with Crippen LogP contribution in [-0.2, 0) is 4.79 Å². The third-order valence-corrected chi connectivity index (χ3v) is 4.69. The van der Waals surface area contributed by atoms with Gasteiger partial charge in [-0.15, -0.1) is 0 Å². The van der Waals surface area contributed by atoms with E-state index in [0.717, 1.165) is 19.4 Å². The van der Waals surface area contributed by atoms with E-state index >= 15 is 0 Å². The Kier molecular flexibility index (Phi) is 4.25. The van der Waals surface area contributed by atoms with Crippen molar-refractivity contribution in [1.29, 1.82) is 0 Å². The summed E-state index contributed by atoms with van der Waals surface area (Å²) in [6.45, 7) is 0.915. The highest BCUT2D eigenvalue weighted by molar-refractivity contribution is 5.80. The number of nitrogens with two attached hydrogens (primary N) is 1. The maximum Gasteiger partial charge on any atom is 0.234 e. The van der Waals surface area contributed by atoms with Crippen LogP contribution in [0.25, 0.3) is 11.1 Å². The molecule has 0 saturated carbocycles. The van der Waals surface area contributed by atoms with E-state index in [4.69, 9.17) is 5.73 Å². The lowest BCUT2D eigenvalue weighted by Crippen LogP contribution is -2.47. The monoisotopic (exact) mass is 294 g/mol. The minimum absolute atomic E-state index is 0.146. The molecule has 1 fully saturated rings. The van der Waals surface area contributed by atoms with Gasteiger partial charge in [0, 0.05) is 0 Å². The molecule has 114 valence electrons. The molecule has 3 heteroatoms. The summed E-state index contributed by atoms with van der Waals surface area (Å²) in [5.41, 5.74) is 9.28. The molecule has 1 aliphatic heterocycles. The number of piperidine rings is 1. The number of likely N-dealkylation sites (N-methyl/N-ethyl adjacent to an activating group) is 1. The van der Waals surface area contributed by atoms with Gasteiger partial charge in [-0.25, -0.2) is 0 Å². The maximum atomic E-state index is 11.6. The molecule has 0 aliphatic carbocycles. The Morgan fingerprint density at radius 1 is 1.05 bits per heavy atom. The second-order valence-corrected chi connectivity index (χ2v) is 6.11. The highest BCUT2D eigenvalue weighted by Crippen LogP contribution is 2.32.